The molecular formula is C17H33KO4. The summed E-state index contributed by atoms with van der Waals surface area (Å²) in [5, 5.41) is 18.8. The van der Waals surface area contributed by atoms with Crippen LogP contribution in [0.25, 0.3) is 0 Å². The van der Waals surface area contributed by atoms with Crippen LogP contribution in [0.15, 0.2) is 0 Å². The Kier molecular flexibility index (Phi) is 17.1. The van der Waals surface area contributed by atoms with E-state index in [0.29, 0.717) is 12.8 Å². The van der Waals surface area contributed by atoms with E-state index in [9.17, 15) is 19.8 Å². The smallest absolute Gasteiger partial charge is 1.00 e. The van der Waals surface area contributed by atoms with Crippen LogP contribution in [0, 0.1) is 5.41 Å². The molecule has 0 aliphatic carbocycles. The van der Waals surface area contributed by atoms with Gasteiger partial charge in [0, 0.05) is 0 Å². The average molecular weight is 341 g/mol. The fourth-order valence-corrected chi connectivity index (χ4v) is 2.70. The molecule has 0 aromatic rings. The van der Waals surface area contributed by atoms with Crippen LogP contribution in [0.4, 0.5) is 0 Å². The van der Waals surface area contributed by atoms with Crippen molar-refractivity contribution in [3.05, 3.63) is 0 Å². The first-order valence-electron chi connectivity index (χ1n) is 8.48. The standard InChI is InChI=1S/C17H32O4.K.H/c1-3-5-7-9-11-13-17(15(18)19,16(20)21)14-12-10-8-6-4-2;;/h3-14H2,1-2H3,(H,18,19)(H,20,21);;/q;+1;-1. The second-order valence-corrected chi connectivity index (χ2v) is 6.02. The molecule has 0 aliphatic rings. The van der Waals surface area contributed by atoms with E-state index in [-0.39, 0.29) is 65.7 Å². The molecule has 0 radical (unpaired) electrons. The molecule has 126 valence electrons. The largest absolute Gasteiger partial charge is 1.00 e. The van der Waals surface area contributed by atoms with Gasteiger partial charge in [0.1, 0.15) is 0 Å². The van der Waals surface area contributed by atoms with E-state index in [1.54, 1.807) is 0 Å². The van der Waals surface area contributed by atoms with Crippen LogP contribution in [0.2, 0.25) is 0 Å². The topological polar surface area (TPSA) is 74.6 Å². The summed E-state index contributed by atoms with van der Waals surface area (Å²) in [7, 11) is 0. The zero-order valence-corrected chi connectivity index (χ0v) is 17.8. The molecule has 0 rings (SSSR count). The van der Waals surface area contributed by atoms with Crippen molar-refractivity contribution in [3.8, 4) is 0 Å². The van der Waals surface area contributed by atoms with E-state index < -0.39 is 17.4 Å². The van der Waals surface area contributed by atoms with Gasteiger partial charge in [0.25, 0.3) is 0 Å². The molecule has 0 aromatic carbocycles. The first-order chi connectivity index (χ1) is 10.0. The maximum absolute atomic E-state index is 11.5. The molecule has 0 saturated heterocycles. The molecule has 4 nitrogen and oxygen atoms in total. The summed E-state index contributed by atoms with van der Waals surface area (Å²) < 4.78 is 0. The summed E-state index contributed by atoms with van der Waals surface area (Å²) in [6.45, 7) is 4.24. The van der Waals surface area contributed by atoms with E-state index in [1.807, 2.05) is 0 Å². The molecule has 2 N–H and O–H groups in total. The maximum atomic E-state index is 11.5. The van der Waals surface area contributed by atoms with Crippen molar-refractivity contribution in [1.82, 2.24) is 0 Å². The monoisotopic (exact) mass is 340 g/mol. The van der Waals surface area contributed by atoms with Crippen LogP contribution < -0.4 is 51.4 Å². The minimum Gasteiger partial charge on any atom is -1.00 e. The normalized spacial score (nSPS) is 11.0. The van der Waals surface area contributed by atoms with Crippen LogP contribution in [0.3, 0.4) is 0 Å². The molecule has 22 heavy (non-hydrogen) atoms. The van der Waals surface area contributed by atoms with E-state index in [2.05, 4.69) is 13.8 Å². The maximum Gasteiger partial charge on any atom is 1.00 e. The fourth-order valence-electron chi connectivity index (χ4n) is 2.70. The number of rotatable bonds is 14. The van der Waals surface area contributed by atoms with Crippen LogP contribution in [0.5, 0.6) is 0 Å². The van der Waals surface area contributed by atoms with Gasteiger partial charge in [-0.2, -0.15) is 0 Å². The third-order valence-corrected chi connectivity index (χ3v) is 4.23. The minimum absolute atomic E-state index is 0. The number of unbranched alkanes of at least 4 members (excludes halogenated alkanes) is 8. The van der Waals surface area contributed by atoms with Crippen molar-refractivity contribution >= 4 is 11.9 Å². The SMILES string of the molecule is CCCCCCCC(CCCCCCC)(C(=O)O)C(=O)O.[H-].[K+]. The fraction of sp³-hybridized carbons (Fsp3) is 0.882. The summed E-state index contributed by atoms with van der Waals surface area (Å²) in [5.74, 6) is -2.33. The first kappa shape index (κ1) is 24.8. The zero-order valence-electron chi connectivity index (χ0n) is 15.7. The molecule has 0 atom stereocenters. The van der Waals surface area contributed by atoms with Crippen molar-refractivity contribution in [2.75, 3.05) is 0 Å². The number of hydrogen-bond donors (Lipinski definition) is 2. The van der Waals surface area contributed by atoms with Gasteiger partial charge in [-0.3, -0.25) is 9.59 Å². The Balaban J connectivity index is -0.00000200. The molecule has 0 saturated carbocycles. The van der Waals surface area contributed by atoms with Gasteiger partial charge in [-0.25, -0.2) is 0 Å². The molecule has 0 bridgehead atoms. The third kappa shape index (κ3) is 9.66. The predicted molar refractivity (Wildman–Crippen MR) is 85.6 cm³/mol. The molecule has 0 heterocycles. The summed E-state index contributed by atoms with van der Waals surface area (Å²) >= 11 is 0. The molecule has 0 unspecified atom stereocenters. The number of carbonyl (C=O) groups is 2. The number of carboxylic acid groups (broad SMARTS) is 2. The van der Waals surface area contributed by atoms with Gasteiger partial charge in [-0.15, -0.1) is 0 Å². The van der Waals surface area contributed by atoms with Crippen molar-refractivity contribution in [2.24, 2.45) is 5.41 Å². The van der Waals surface area contributed by atoms with Crippen molar-refractivity contribution in [1.29, 1.82) is 0 Å². The van der Waals surface area contributed by atoms with Gasteiger partial charge in [0.15, 0.2) is 5.41 Å². The summed E-state index contributed by atoms with van der Waals surface area (Å²) in [6, 6.07) is 0. The van der Waals surface area contributed by atoms with Crippen LogP contribution in [0.1, 0.15) is 92.3 Å². The van der Waals surface area contributed by atoms with Crippen LogP contribution in [-0.2, 0) is 9.59 Å². The molecular weight excluding hydrogens is 307 g/mol. The van der Waals surface area contributed by atoms with Gasteiger partial charge < -0.3 is 11.6 Å². The van der Waals surface area contributed by atoms with E-state index in [0.717, 1.165) is 51.4 Å². The van der Waals surface area contributed by atoms with Gasteiger partial charge >= 0.3 is 63.3 Å². The number of aliphatic carboxylic acids is 2. The Bertz CT molecular complexity index is 281. The molecule has 0 aromatic heterocycles. The Morgan fingerprint density at radius 2 is 1.05 bits per heavy atom. The Morgan fingerprint density at radius 3 is 1.32 bits per heavy atom. The molecule has 0 fully saturated rings. The Hall–Kier alpha value is 0.576. The van der Waals surface area contributed by atoms with E-state index in [1.165, 1.54) is 0 Å². The molecule has 5 heteroatoms. The summed E-state index contributed by atoms with van der Waals surface area (Å²) in [5.41, 5.74) is -1.57. The van der Waals surface area contributed by atoms with Crippen molar-refractivity contribution < 1.29 is 72.6 Å². The van der Waals surface area contributed by atoms with E-state index in [4.69, 9.17) is 0 Å². The minimum atomic E-state index is -1.57. The molecule has 0 spiro atoms. The van der Waals surface area contributed by atoms with Gasteiger partial charge in [-0.05, 0) is 12.8 Å². The predicted octanol–water partition coefficient (Wildman–Crippen LogP) is 1.98. The van der Waals surface area contributed by atoms with Gasteiger partial charge in [0.05, 0.1) is 0 Å². The summed E-state index contributed by atoms with van der Waals surface area (Å²) in [4.78, 5) is 23.0. The van der Waals surface area contributed by atoms with Gasteiger partial charge in [0.2, 0.25) is 0 Å². The Labute approximate surface area is 179 Å². The third-order valence-electron chi connectivity index (χ3n) is 4.23. The zero-order chi connectivity index (χ0) is 16.1. The Morgan fingerprint density at radius 1 is 0.727 bits per heavy atom. The quantitative estimate of drug-likeness (QED) is 0.288. The van der Waals surface area contributed by atoms with Crippen molar-refractivity contribution in [3.63, 3.8) is 0 Å². The van der Waals surface area contributed by atoms with Gasteiger partial charge in [-0.1, -0.05) is 78.1 Å². The molecule has 0 aliphatic heterocycles. The van der Waals surface area contributed by atoms with E-state index >= 15 is 0 Å². The number of hydrogen-bond acceptors (Lipinski definition) is 2. The molecule has 0 amide bonds. The summed E-state index contributed by atoms with van der Waals surface area (Å²) in [6.07, 6.45) is 10.4. The second kappa shape index (κ2) is 15.1. The van der Waals surface area contributed by atoms with Crippen LogP contribution in [-0.4, -0.2) is 22.2 Å². The van der Waals surface area contributed by atoms with Crippen molar-refractivity contribution in [2.45, 2.75) is 90.9 Å². The number of carboxylic acids is 2. The second-order valence-electron chi connectivity index (χ2n) is 6.02. The first-order valence-corrected chi connectivity index (χ1v) is 8.48. The average Bonchev–Trinajstić information content (AvgIpc) is 2.44. The van der Waals surface area contributed by atoms with Crippen LogP contribution >= 0.6 is 0 Å².